The molecule has 1 aromatic rings. The first-order valence-corrected chi connectivity index (χ1v) is 7.90. The second-order valence-corrected chi connectivity index (χ2v) is 6.17. The molecule has 4 heteroatoms. The predicted octanol–water partition coefficient (Wildman–Crippen LogP) is 3.50. The van der Waals surface area contributed by atoms with E-state index < -0.39 is 0 Å². The number of hydrogen-bond acceptors (Lipinski definition) is 3. The van der Waals surface area contributed by atoms with Crippen molar-refractivity contribution in [3.63, 3.8) is 0 Å². The van der Waals surface area contributed by atoms with Gasteiger partial charge in [0.2, 0.25) is 0 Å². The lowest BCUT2D eigenvalue weighted by molar-refractivity contribution is 0.610. The molecule has 0 N–H and O–H groups in total. The number of thioether (sulfide) groups is 2. The summed E-state index contributed by atoms with van der Waals surface area (Å²) in [5, 5.41) is 0. The molecular weight excluding hydrogens is 248 g/mol. The molecule has 94 valence electrons. The summed E-state index contributed by atoms with van der Waals surface area (Å²) >= 11 is 3.53. The minimum Gasteiger partial charge on any atom is -0.367 e. The largest absolute Gasteiger partial charge is 0.367 e. The average Bonchev–Trinajstić information content (AvgIpc) is 2.36. The van der Waals surface area contributed by atoms with Crippen molar-refractivity contribution in [1.82, 2.24) is 4.90 Å². The molecule has 1 rings (SSSR count). The van der Waals surface area contributed by atoms with Gasteiger partial charge in [0.1, 0.15) is 0 Å². The number of rotatable bonds is 4. The van der Waals surface area contributed by atoms with Crippen LogP contribution in [-0.4, -0.2) is 37.3 Å². The van der Waals surface area contributed by atoms with E-state index >= 15 is 0 Å². The van der Waals surface area contributed by atoms with Gasteiger partial charge in [-0.25, -0.2) is 4.99 Å². The normalized spacial score (nSPS) is 12.6. The van der Waals surface area contributed by atoms with Crippen LogP contribution in [-0.2, 0) is 4.20 Å². The summed E-state index contributed by atoms with van der Waals surface area (Å²) in [6.07, 6.45) is 4.21. The Bertz CT molecular complexity index is 370. The third kappa shape index (κ3) is 3.42. The summed E-state index contributed by atoms with van der Waals surface area (Å²) < 4.78 is -0.240. The lowest BCUT2D eigenvalue weighted by Crippen LogP contribution is -2.24. The molecular formula is C13H20N2S2. The first-order valence-electron chi connectivity index (χ1n) is 5.45. The van der Waals surface area contributed by atoms with Crippen LogP contribution in [0.4, 0.5) is 0 Å². The second kappa shape index (κ2) is 6.36. The van der Waals surface area contributed by atoms with Crippen LogP contribution in [0.15, 0.2) is 35.3 Å². The first kappa shape index (κ1) is 14.5. The fourth-order valence-electron chi connectivity index (χ4n) is 1.44. The van der Waals surface area contributed by atoms with Gasteiger partial charge in [-0.3, -0.25) is 0 Å². The maximum atomic E-state index is 4.88. The van der Waals surface area contributed by atoms with E-state index in [1.165, 1.54) is 5.56 Å². The Hall–Kier alpha value is -0.610. The standard InChI is InChI=1S/C13H20N2S2/c1-11(15(2)3)14-13(16-4,17-5)12-9-7-6-8-10-12/h6-10H,1-5H3/b14-11+. The van der Waals surface area contributed by atoms with Crippen LogP contribution in [0.2, 0.25) is 0 Å². The Kier molecular flexibility index (Phi) is 5.40. The average molecular weight is 268 g/mol. The van der Waals surface area contributed by atoms with Gasteiger partial charge < -0.3 is 4.90 Å². The molecule has 0 spiro atoms. The summed E-state index contributed by atoms with van der Waals surface area (Å²) in [4.78, 5) is 6.93. The van der Waals surface area contributed by atoms with E-state index in [-0.39, 0.29) is 4.20 Å². The monoisotopic (exact) mass is 268 g/mol. The highest BCUT2D eigenvalue weighted by Crippen LogP contribution is 2.45. The van der Waals surface area contributed by atoms with Crippen molar-refractivity contribution in [1.29, 1.82) is 0 Å². The fourth-order valence-corrected chi connectivity index (χ4v) is 3.29. The van der Waals surface area contributed by atoms with Crippen molar-refractivity contribution in [2.24, 2.45) is 4.99 Å². The highest BCUT2D eigenvalue weighted by Gasteiger charge is 2.29. The van der Waals surface area contributed by atoms with Gasteiger partial charge >= 0.3 is 0 Å². The summed E-state index contributed by atoms with van der Waals surface area (Å²) in [5.41, 5.74) is 1.24. The predicted molar refractivity (Wildman–Crippen MR) is 81.9 cm³/mol. The molecule has 0 saturated heterocycles. The fraction of sp³-hybridized carbons (Fsp3) is 0.462. The SMILES string of the molecule is CSC(/N=C(\C)N(C)C)(SC)c1ccccc1. The molecule has 0 saturated carbocycles. The number of aliphatic imine (C=N–C) groups is 1. The van der Waals surface area contributed by atoms with E-state index in [9.17, 15) is 0 Å². The zero-order chi connectivity index (χ0) is 12.9. The smallest absolute Gasteiger partial charge is 0.178 e. The zero-order valence-electron chi connectivity index (χ0n) is 11.1. The van der Waals surface area contributed by atoms with Gasteiger partial charge in [-0.15, -0.1) is 23.5 Å². The van der Waals surface area contributed by atoms with E-state index in [1.54, 1.807) is 23.5 Å². The van der Waals surface area contributed by atoms with Crippen molar-refractivity contribution in [3.8, 4) is 0 Å². The van der Waals surface area contributed by atoms with Gasteiger partial charge in [0.25, 0.3) is 0 Å². The molecule has 0 aliphatic carbocycles. The summed E-state index contributed by atoms with van der Waals surface area (Å²) in [6.45, 7) is 2.05. The molecule has 0 aliphatic rings. The first-order chi connectivity index (χ1) is 8.05. The third-order valence-corrected chi connectivity index (χ3v) is 5.41. The molecule has 2 nitrogen and oxygen atoms in total. The lowest BCUT2D eigenvalue weighted by Gasteiger charge is -2.28. The molecule has 0 atom stereocenters. The number of nitrogens with zero attached hydrogens (tertiary/aromatic N) is 2. The van der Waals surface area contributed by atoms with Gasteiger partial charge in [-0.1, -0.05) is 30.3 Å². The molecule has 0 radical (unpaired) electrons. The van der Waals surface area contributed by atoms with Crippen LogP contribution in [0, 0.1) is 0 Å². The quantitative estimate of drug-likeness (QED) is 0.472. The van der Waals surface area contributed by atoms with Crippen LogP contribution in [0.25, 0.3) is 0 Å². The van der Waals surface area contributed by atoms with Crippen molar-refractivity contribution >= 4 is 29.4 Å². The van der Waals surface area contributed by atoms with E-state index in [4.69, 9.17) is 4.99 Å². The molecule has 0 aromatic heterocycles. The molecule has 0 fully saturated rings. The van der Waals surface area contributed by atoms with E-state index in [1.807, 2.05) is 32.0 Å². The maximum Gasteiger partial charge on any atom is 0.178 e. The highest BCUT2D eigenvalue weighted by atomic mass is 32.2. The molecule has 0 amide bonds. The van der Waals surface area contributed by atoms with E-state index in [2.05, 4.69) is 36.8 Å². The molecule has 0 heterocycles. The van der Waals surface area contributed by atoms with E-state index in [0.29, 0.717) is 0 Å². The Labute approximate surface area is 113 Å². The van der Waals surface area contributed by atoms with Gasteiger partial charge in [0.05, 0.1) is 5.84 Å². The van der Waals surface area contributed by atoms with Crippen molar-refractivity contribution in [2.75, 3.05) is 26.6 Å². The summed E-state index contributed by atoms with van der Waals surface area (Å²) in [7, 11) is 4.05. The Balaban J connectivity index is 3.19. The van der Waals surface area contributed by atoms with Crippen molar-refractivity contribution < 1.29 is 0 Å². The number of hydrogen-bond donors (Lipinski definition) is 0. The minimum atomic E-state index is -0.240. The molecule has 0 aliphatic heterocycles. The molecule has 0 unspecified atom stereocenters. The van der Waals surface area contributed by atoms with Crippen LogP contribution in [0.3, 0.4) is 0 Å². The van der Waals surface area contributed by atoms with E-state index in [0.717, 1.165) is 5.84 Å². The Morgan fingerprint density at radius 3 is 2.06 bits per heavy atom. The van der Waals surface area contributed by atoms with Crippen LogP contribution in [0.1, 0.15) is 12.5 Å². The van der Waals surface area contributed by atoms with Gasteiger partial charge in [0.15, 0.2) is 4.20 Å². The summed E-state index contributed by atoms with van der Waals surface area (Å²) in [6, 6.07) is 10.4. The summed E-state index contributed by atoms with van der Waals surface area (Å²) in [5.74, 6) is 1.04. The van der Waals surface area contributed by atoms with Crippen LogP contribution in [0.5, 0.6) is 0 Å². The third-order valence-electron chi connectivity index (χ3n) is 2.65. The van der Waals surface area contributed by atoms with Crippen LogP contribution < -0.4 is 0 Å². The van der Waals surface area contributed by atoms with Crippen molar-refractivity contribution in [3.05, 3.63) is 35.9 Å². The Morgan fingerprint density at radius 2 is 1.65 bits per heavy atom. The topological polar surface area (TPSA) is 15.6 Å². The molecule has 17 heavy (non-hydrogen) atoms. The van der Waals surface area contributed by atoms with Crippen LogP contribution >= 0.6 is 23.5 Å². The minimum absolute atomic E-state index is 0.240. The highest BCUT2D eigenvalue weighted by molar-refractivity contribution is 8.16. The van der Waals surface area contributed by atoms with Gasteiger partial charge in [-0.05, 0) is 19.4 Å². The molecule has 0 bridgehead atoms. The van der Waals surface area contributed by atoms with Crippen molar-refractivity contribution in [2.45, 2.75) is 11.1 Å². The van der Waals surface area contributed by atoms with Gasteiger partial charge in [-0.2, -0.15) is 0 Å². The Morgan fingerprint density at radius 1 is 1.12 bits per heavy atom. The zero-order valence-corrected chi connectivity index (χ0v) is 12.7. The molecule has 1 aromatic carbocycles. The lowest BCUT2D eigenvalue weighted by atomic mass is 10.2. The maximum absolute atomic E-state index is 4.88. The van der Waals surface area contributed by atoms with Gasteiger partial charge in [0, 0.05) is 19.7 Å². The second-order valence-electron chi connectivity index (χ2n) is 3.91. The number of amidine groups is 1. The number of benzene rings is 1.